The zero-order valence-electron chi connectivity index (χ0n) is 15.0. The molecule has 0 fully saturated rings. The standard InChI is InChI=1S/C17H25BrN2O5/c1-17(2,3)25-16(22)20-6-8-24-14-10-12(9-13(18)11-14)15(21)19-5-7-23-4/h9-11H,5-8H2,1-4H3,(H,19,21)(H,20,22). The number of hydrogen-bond acceptors (Lipinski definition) is 5. The van der Waals surface area contributed by atoms with Gasteiger partial charge in [-0.15, -0.1) is 0 Å². The lowest BCUT2D eigenvalue weighted by Gasteiger charge is -2.19. The van der Waals surface area contributed by atoms with Gasteiger partial charge < -0.3 is 24.8 Å². The van der Waals surface area contributed by atoms with Crippen LogP contribution in [0.4, 0.5) is 4.79 Å². The lowest BCUT2D eigenvalue weighted by molar-refractivity contribution is 0.0520. The van der Waals surface area contributed by atoms with Crippen molar-refractivity contribution < 1.29 is 23.8 Å². The van der Waals surface area contributed by atoms with E-state index in [0.29, 0.717) is 24.5 Å². The summed E-state index contributed by atoms with van der Waals surface area (Å²) in [5.41, 5.74) is -0.0686. The molecular formula is C17H25BrN2O5. The largest absolute Gasteiger partial charge is 0.492 e. The summed E-state index contributed by atoms with van der Waals surface area (Å²) in [4.78, 5) is 23.6. The molecule has 2 amide bonds. The summed E-state index contributed by atoms with van der Waals surface area (Å²) in [6.07, 6.45) is -0.497. The number of alkyl carbamates (subject to hydrolysis) is 1. The van der Waals surface area contributed by atoms with Crippen molar-refractivity contribution in [2.24, 2.45) is 0 Å². The third kappa shape index (κ3) is 9.31. The summed E-state index contributed by atoms with van der Waals surface area (Å²) in [6, 6.07) is 5.09. The lowest BCUT2D eigenvalue weighted by Crippen LogP contribution is -2.34. The first-order valence-electron chi connectivity index (χ1n) is 7.88. The molecule has 0 aliphatic carbocycles. The fraction of sp³-hybridized carbons (Fsp3) is 0.529. The average Bonchev–Trinajstić information content (AvgIpc) is 2.49. The normalized spacial score (nSPS) is 10.9. The number of hydrogen-bond donors (Lipinski definition) is 2. The van der Waals surface area contributed by atoms with Gasteiger partial charge >= 0.3 is 6.09 Å². The van der Waals surface area contributed by atoms with Gasteiger partial charge in [0.1, 0.15) is 18.0 Å². The molecular weight excluding hydrogens is 392 g/mol. The molecule has 0 radical (unpaired) electrons. The molecule has 1 aromatic rings. The first-order chi connectivity index (χ1) is 11.7. The van der Waals surface area contributed by atoms with Gasteiger partial charge in [-0.2, -0.15) is 0 Å². The van der Waals surface area contributed by atoms with Gasteiger partial charge in [0.15, 0.2) is 0 Å². The van der Waals surface area contributed by atoms with Crippen LogP contribution in [0.5, 0.6) is 5.75 Å². The van der Waals surface area contributed by atoms with Gasteiger partial charge in [-0.25, -0.2) is 4.79 Å². The van der Waals surface area contributed by atoms with Crippen LogP contribution in [0.15, 0.2) is 22.7 Å². The molecule has 0 atom stereocenters. The quantitative estimate of drug-likeness (QED) is 0.636. The molecule has 2 N–H and O–H groups in total. The average molecular weight is 417 g/mol. The van der Waals surface area contributed by atoms with Gasteiger partial charge in [0.2, 0.25) is 0 Å². The van der Waals surface area contributed by atoms with E-state index in [-0.39, 0.29) is 19.1 Å². The molecule has 0 aliphatic rings. The molecule has 0 bridgehead atoms. The molecule has 0 heterocycles. The van der Waals surface area contributed by atoms with Crippen LogP contribution >= 0.6 is 15.9 Å². The molecule has 8 heteroatoms. The van der Waals surface area contributed by atoms with E-state index in [4.69, 9.17) is 14.2 Å². The zero-order valence-corrected chi connectivity index (χ0v) is 16.6. The summed E-state index contributed by atoms with van der Waals surface area (Å²) in [5, 5.41) is 5.35. The van der Waals surface area contributed by atoms with Crippen LogP contribution in [-0.2, 0) is 9.47 Å². The molecule has 25 heavy (non-hydrogen) atoms. The minimum absolute atomic E-state index is 0.213. The van der Waals surface area contributed by atoms with Crippen LogP contribution in [-0.4, -0.2) is 51.0 Å². The van der Waals surface area contributed by atoms with Crippen molar-refractivity contribution in [3.05, 3.63) is 28.2 Å². The predicted octanol–water partition coefficient (Wildman–Crippen LogP) is 2.73. The van der Waals surface area contributed by atoms with E-state index in [9.17, 15) is 9.59 Å². The molecule has 7 nitrogen and oxygen atoms in total. The smallest absolute Gasteiger partial charge is 0.407 e. The fourth-order valence-corrected chi connectivity index (χ4v) is 2.25. The lowest BCUT2D eigenvalue weighted by atomic mass is 10.2. The Labute approximate surface area is 156 Å². The number of carbonyl (C=O) groups is 2. The highest BCUT2D eigenvalue weighted by Crippen LogP contribution is 2.21. The summed E-state index contributed by atoms with van der Waals surface area (Å²) < 4.78 is 16.3. The summed E-state index contributed by atoms with van der Waals surface area (Å²) in [7, 11) is 1.57. The van der Waals surface area contributed by atoms with Crippen molar-refractivity contribution in [2.75, 3.05) is 33.4 Å². The van der Waals surface area contributed by atoms with Gasteiger partial charge in [0.05, 0.1) is 13.2 Å². The first-order valence-corrected chi connectivity index (χ1v) is 8.68. The van der Waals surface area contributed by atoms with E-state index >= 15 is 0 Å². The van der Waals surface area contributed by atoms with E-state index in [1.165, 1.54) is 0 Å². The van der Waals surface area contributed by atoms with Crippen molar-refractivity contribution in [1.82, 2.24) is 10.6 Å². The van der Waals surface area contributed by atoms with E-state index in [0.717, 1.165) is 4.47 Å². The molecule has 0 spiro atoms. The maximum absolute atomic E-state index is 12.1. The molecule has 0 aromatic heterocycles. The van der Waals surface area contributed by atoms with Crippen LogP contribution < -0.4 is 15.4 Å². The van der Waals surface area contributed by atoms with Gasteiger partial charge in [-0.05, 0) is 39.0 Å². The second-order valence-corrected chi connectivity index (χ2v) is 7.12. The maximum Gasteiger partial charge on any atom is 0.407 e. The fourth-order valence-electron chi connectivity index (χ4n) is 1.78. The van der Waals surface area contributed by atoms with Gasteiger partial charge in [-0.1, -0.05) is 15.9 Å². The van der Waals surface area contributed by atoms with Crippen molar-refractivity contribution in [3.63, 3.8) is 0 Å². The van der Waals surface area contributed by atoms with Gasteiger partial charge in [0, 0.05) is 23.7 Å². The molecule has 0 saturated heterocycles. The second-order valence-electron chi connectivity index (χ2n) is 6.20. The minimum atomic E-state index is -0.541. The Hall–Kier alpha value is -1.80. The SMILES string of the molecule is COCCNC(=O)c1cc(Br)cc(OCCNC(=O)OC(C)(C)C)c1. The summed E-state index contributed by atoms with van der Waals surface area (Å²) in [5.74, 6) is 0.312. The Kier molecular flexibility index (Phi) is 8.71. The minimum Gasteiger partial charge on any atom is -0.492 e. The number of carbonyl (C=O) groups excluding carboxylic acids is 2. The van der Waals surface area contributed by atoms with Gasteiger partial charge in [-0.3, -0.25) is 4.79 Å². The molecule has 140 valence electrons. The Morgan fingerprint density at radius 1 is 1.08 bits per heavy atom. The van der Waals surface area contributed by atoms with Crippen LogP contribution in [0.2, 0.25) is 0 Å². The van der Waals surface area contributed by atoms with E-state index in [1.807, 2.05) is 0 Å². The number of benzene rings is 1. The van der Waals surface area contributed by atoms with Crippen molar-refractivity contribution in [3.8, 4) is 5.75 Å². The predicted molar refractivity (Wildman–Crippen MR) is 98.1 cm³/mol. The Balaban J connectivity index is 2.48. The maximum atomic E-state index is 12.1. The van der Waals surface area contributed by atoms with Gasteiger partial charge in [0.25, 0.3) is 5.91 Å². The van der Waals surface area contributed by atoms with Crippen LogP contribution in [0.1, 0.15) is 31.1 Å². The highest BCUT2D eigenvalue weighted by atomic mass is 79.9. The first kappa shape index (κ1) is 21.2. The second kappa shape index (κ2) is 10.2. The van der Waals surface area contributed by atoms with Crippen molar-refractivity contribution in [1.29, 1.82) is 0 Å². The van der Waals surface area contributed by atoms with Crippen LogP contribution in [0.3, 0.4) is 0 Å². The Morgan fingerprint density at radius 2 is 1.76 bits per heavy atom. The molecule has 1 aromatic carbocycles. The topological polar surface area (TPSA) is 85.9 Å². The van der Waals surface area contributed by atoms with Crippen LogP contribution in [0, 0.1) is 0 Å². The number of rotatable bonds is 8. The number of amides is 2. The third-order valence-electron chi connectivity index (χ3n) is 2.76. The highest BCUT2D eigenvalue weighted by molar-refractivity contribution is 9.10. The molecule has 0 aliphatic heterocycles. The number of nitrogens with one attached hydrogen (secondary N) is 2. The highest BCUT2D eigenvalue weighted by Gasteiger charge is 2.15. The van der Waals surface area contributed by atoms with Crippen molar-refractivity contribution in [2.45, 2.75) is 26.4 Å². The molecule has 1 rings (SSSR count). The van der Waals surface area contributed by atoms with E-state index in [2.05, 4.69) is 26.6 Å². The van der Waals surface area contributed by atoms with E-state index in [1.54, 1.807) is 46.1 Å². The molecule has 0 unspecified atom stereocenters. The van der Waals surface area contributed by atoms with Crippen molar-refractivity contribution >= 4 is 27.9 Å². The van der Waals surface area contributed by atoms with Crippen LogP contribution in [0.25, 0.3) is 0 Å². The Morgan fingerprint density at radius 3 is 2.40 bits per heavy atom. The summed E-state index contributed by atoms with van der Waals surface area (Å²) >= 11 is 3.35. The number of halogens is 1. The number of methoxy groups -OCH3 is 1. The Bertz CT molecular complexity index is 587. The molecule has 0 saturated carbocycles. The van der Waals surface area contributed by atoms with E-state index < -0.39 is 11.7 Å². The summed E-state index contributed by atoms with van der Waals surface area (Å²) in [6.45, 7) is 6.80. The number of ether oxygens (including phenoxy) is 3. The third-order valence-corrected chi connectivity index (χ3v) is 3.22. The zero-order chi connectivity index (χ0) is 18.9. The monoisotopic (exact) mass is 416 g/mol.